The Hall–Kier alpha value is -2.20. The van der Waals surface area contributed by atoms with E-state index in [-0.39, 0.29) is 5.91 Å². The van der Waals surface area contributed by atoms with Crippen LogP contribution in [0.1, 0.15) is 24.8 Å². The monoisotopic (exact) mass is 352 g/mol. The molecule has 0 saturated heterocycles. The van der Waals surface area contributed by atoms with Crippen molar-refractivity contribution in [1.82, 2.24) is 10.3 Å². The summed E-state index contributed by atoms with van der Waals surface area (Å²) in [4.78, 5) is 16.5. The molecule has 0 aliphatic rings. The van der Waals surface area contributed by atoms with Gasteiger partial charge in [-0.05, 0) is 48.8 Å². The SMILES string of the molecule is O=C(CCCc1c[nH]c2ccccc12)NCCCSc1ccccc1. The van der Waals surface area contributed by atoms with Gasteiger partial charge in [0.1, 0.15) is 0 Å². The van der Waals surface area contributed by atoms with E-state index in [4.69, 9.17) is 0 Å². The molecule has 2 aromatic carbocycles. The van der Waals surface area contributed by atoms with E-state index < -0.39 is 0 Å². The van der Waals surface area contributed by atoms with Crippen molar-refractivity contribution in [3.63, 3.8) is 0 Å². The van der Waals surface area contributed by atoms with Crippen molar-refractivity contribution in [3.05, 3.63) is 66.4 Å². The highest BCUT2D eigenvalue weighted by atomic mass is 32.2. The predicted octanol–water partition coefficient (Wildman–Crippen LogP) is 4.79. The number of carbonyl (C=O) groups excluding carboxylic acids is 1. The van der Waals surface area contributed by atoms with Crippen molar-refractivity contribution >= 4 is 28.6 Å². The molecule has 130 valence electrons. The lowest BCUT2D eigenvalue weighted by Crippen LogP contribution is -2.24. The Balaban J connectivity index is 1.29. The molecule has 0 atom stereocenters. The molecule has 3 rings (SSSR count). The van der Waals surface area contributed by atoms with E-state index in [1.54, 1.807) is 0 Å². The van der Waals surface area contributed by atoms with Gasteiger partial charge < -0.3 is 10.3 Å². The number of hydrogen-bond donors (Lipinski definition) is 2. The standard InChI is InChI=1S/C21H24N2OS/c24-21(22-14-7-15-25-18-9-2-1-3-10-18)13-6-8-17-16-23-20-12-5-4-11-19(17)20/h1-5,9-12,16,23H,6-8,13-15H2,(H,22,24). The van der Waals surface area contributed by atoms with Crippen LogP contribution < -0.4 is 5.32 Å². The fraction of sp³-hybridized carbons (Fsp3) is 0.286. The molecule has 1 heterocycles. The zero-order valence-electron chi connectivity index (χ0n) is 14.3. The molecular formula is C21H24N2OS. The molecular weight excluding hydrogens is 328 g/mol. The molecule has 4 heteroatoms. The summed E-state index contributed by atoms with van der Waals surface area (Å²) in [5, 5.41) is 4.29. The summed E-state index contributed by atoms with van der Waals surface area (Å²) < 4.78 is 0. The first-order valence-corrected chi connectivity index (χ1v) is 9.81. The Morgan fingerprint density at radius 3 is 2.68 bits per heavy atom. The molecule has 0 radical (unpaired) electrons. The molecule has 0 bridgehead atoms. The second-order valence-corrected chi connectivity index (χ2v) is 7.25. The first-order chi connectivity index (χ1) is 12.3. The van der Waals surface area contributed by atoms with Crippen LogP contribution in [0.2, 0.25) is 0 Å². The maximum absolute atomic E-state index is 11.9. The average molecular weight is 353 g/mol. The Bertz CT molecular complexity index is 798. The van der Waals surface area contributed by atoms with Crippen LogP contribution in [0.4, 0.5) is 0 Å². The van der Waals surface area contributed by atoms with Gasteiger partial charge in [-0.25, -0.2) is 0 Å². The molecule has 0 unspecified atom stereocenters. The van der Waals surface area contributed by atoms with E-state index in [9.17, 15) is 4.79 Å². The zero-order valence-corrected chi connectivity index (χ0v) is 15.1. The van der Waals surface area contributed by atoms with Crippen LogP contribution in [-0.4, -0.2) is 23.2 Å². The lowest BCUT2D eigenvalue weighted by atomic mass is 10.1. The molecule has 0 spiro atoms. The number of rotatable bonds is 9. The van der Waals surface area contributed by atoms with E-state index >= 15 is 0 Å². The highest BCUT2D eigenvalue weighted by molar-refractivity contribution is 7.99. The Morgan fingerprint density at radius 1 is 1.00 bits per heavy atom. The van der Waals surface area contributed by atoms with Crippen LogP contribution in [0.5, 0.6) is 0 Å². The van der Waals surface area contributed by atoms with Crippen molar-refractivity contribution in [3.8, 4) is 0 Å². The van der Waals surface area contributed by atoms with Crippen molar-refractivity contribution < 1.29 is 4.79 Å². The van der Waals surface area contributed by atoms with Gasteiger partial charge in [0.25, 0.3) is 0 Å². The van der Waals surface area contributed by atoms with Gasteiger partial charge in [-0.2, -0.15) is 0 Å². The van der Waals surface area contributed by atoms with Gasteiger partial charge in [-0.1, -0.05) is 36.4 Å². The van der Waals surface area contributed by atoms with E-state index in [0.717, 1.165) is 37.1 Å². The zero-order chi connectivity index (χ0) is 17.3. The quantitative estimate of drug-likeness (QED) is 0.430. The summed E-state index contributed by atoms with van der Waals surface area (Å²) in [6.07, 6.45) is 5.45. The van der Waals surface area contributed by atoms with Crippen LogP contribution in [0.3, 0.4) is 0 Å². The van der Waals surface area contributed by atoms with Crippen molar-refractivity contribution in [2.24, 2.45) is 0 Å². The fourth-order valence-electron chi connectivity index (χ4n) is 2.87. The maximum atomic E-state index is 11.9. The number of thioether (sulfide) groups is 1. The minimum atomic E-state index is 0.157. The Morgan fingerprint density at radius 2 is 1.80 bits per heavy atom. The normalized spacial score (nSPS) is 10.9. The van der Waals surface area contributed by atoms with Gasteiger partial charge in [-0.15, -0.1) is 11.8 Å². The number of hydrogen-bond acceptors (Lipinski definition) is 2. The maximum Gasteiger partial charge on any atom is 0.220 e. The van der Waals surface area contributed by atoms with E-state index in [1.807, 2.05) is 23.9 Å². The van der Waals surface area contributed by atoms with Gasteiger partial charge in [0.2, 0.25) is 5.91 Å². The largest absolute Gasteiger partial charge is 0.361 e. The highest BCUT2D eigenvalue weighted by Crippen LogP contribution is 2.19. The minimum absolute atomic E-state index is 0.157. The first kappa shape index (κ1) is 17.6. The number of carbonyl (C=O) groups is 1. The Labute approximate surface area is 153 Å². The van der Waals surface area contributed by atoms with Crippen molar-refractivity contribution in [2.75, 3.05) is 12.3 Å². The van der Waals surface area contributed by atoms with Crippen LogP contribution in [0.25, 0.3) is 10.9 Å². The fourth-order valence-corrected chi connectivity index (χ4v) is 3.75. The minimum Gasteiger partial charge on any atom is -0.361 e. The van der Waals surface area contributed by atoms with Crippen LogP contribution >= 0.6 is 11.8 Å². The third kappa shape index (κ3) is 5.40. The van der Waals surface area contributed by atoms with Crippen LogP contribution in [0.15, 0.2) is 65.7 Å². The summed E-state index contributed by atoms with van der Waals surface area (Å²) in [6, 6.07) is 18.7. The molecule has 3 nitrogen and oxygen atoms in total. The van der Waals surface area contributed by atoms with Crippen molar-refractivity contribution in [2.45, 2.75) is 30.6 Å². The molecule has 0 saturated carbocycles. The number of nitrogens with one attached hydrogen (secondary N) is 2. The van der Waals surface area contributed by atoms with Gasteiger partial charge >= 0.3 is 0 Å². The lowest BCUT2D eigenvalue weighted by molar-refractivity contribution is -0.121. The number of H-pyrrole nitrogens is 1. The number of aromatic nitrogens is 1. The molecule has 3 aromatic rings. The van der Waals surface area contributed by atoms with Gasteiger partial charge in [-0.3, -0.25) is 4.79 Å². The predicted molar refractivity (Wildman–Crippen MR) is 106 cm³/mol. The summed E-state index contributed by atoms with van der Waals surface area (Å²) in [5.41, 5.74) is 2.46. The topological polar surface area (TPSA) is 44.9 Å². The first-order valence-electron chi connectivity index (χ1n) is 8.82. The number of amides is 1. The summed E-state index contributed by atoms with van der Waals surface area (Å²) in [5.74, 6) is 1.18. The van der Waals surface area contributed by atoms with Crippen molar-refractivity contribution in [1.29, 1.82) is 0 Å². The number of aryl methyl sites for hydroxylation is 1. The third-order valence-electron chi connectivity index (χ3n) is 4.18. The van der Waals surface area contributed by atoms with Gasteiger partial charge in [0.15, 0.2) is 0 Å². The number of para-hydroxylation sites is 1. The Kier molecular flexibility index (Phi) is 6.57. The van der Waals surface area contributed by atoms with E-state index in [2.05, 4.69) is 59.0 Å². The molecule has 0 fully saturated rings. The highest BCUT2D eigenvalue weighted by Gasteiger charge is 2.05. The smallest absolute Gasteiger partial charge is 0.220 e. The number of benzene rings is 2. The lowest BCUT2D eigenvalue weighted by Gasteiger charge is -2.05. The number of fused-ring (bicyclic) bond motifs is 1. The van der Waals surface area contributed by atoms with Gasteiger partial charge in [0.05, 0.1) is 0 Å². The molecule has 2 N–H and O–H groups in total. The average Bonchev–Trinajstić information content (AvgIpc) is 3.06. The molecule has 1 amide bonds. The summed E-state index contributed by atoms with van der Waals surface area (Å²) in [7, 11) is 0. The number of aromatic amines is 1. The van der Waals surface area contributed by atoms with Crippen LogP contribution in [0, 0.1) is 0 Å². The van der Waals surface area contributed by atoms with E-state index in [0.29, 0.717) is 6.42 Å². The third-order valence-corrected chi connectivity index (χ3v) is 5.28. The molecule has 25 heavy (non-hydrogen) atoms. The van der Waals surface area contributed by atoms with Gasteiger partial charge in [0, 0.05) is 35.0 Å². The van der Waals surface area contributed by atoms with E-state index in [1.165, 1.54) is 15.8 Å². The molecule has 0 aliphatic heterocycles. The molecule has 0 aliphatic carbocycles. The second kappa shape index (κ2) is 9.33. The second-order valence-electron chi connectivity index (χ2n) is 6.08. The van der Waals surface area contributed by atoms with Crippen LogP contribution in [-0.2, 0) is 11.2 Å². The summed E-state index contributed by atoms with van der Waals surface area (Å²) >= 11 is 1.83. The molecule has 1 aromatic heterocycles. The summed E-state index contributed by atoms with van der Waals surface area (Å²) in [6.45, 7) is 0.756.